The van der Waals surface area contributed by atoms with Crippen LogP contribution in [-0.4, -0.2) is 43.9 Å². The highest BCUT2D eigenvalue weighted by atomic mass is 32.2. The van der Waals surface area contributed by atoms with Crippen molar-refractivity contribution in [3.8, 4) is 11.1 Å². The van der Waals surface area contributed by atoms with Crippen LogP contribution in [0.15, 0.2) is 96.3 Å². The maximum absolute atomic E-state index is 15.9. The molecule has 12 heteroatoms. The molecule has 1 fully saturated rings. The Morgan fingerprint density at radius 1 is 0.933 bits per heavy atom. The van der Waals surface area contributed by atoms with E-state index in [2.05, 4.69) is 9.97 Å². The molecular weight excluding hydrogens is 597 g/mol. The summed E-state index contributed by atoms with van der Waals surface area (Å²) in [6, 6.07) is 18.1. The Balaban J connectivity index is 1.51. The van der Waals surface area contributed by atoms with Crippen molar-refractivity contribution in [3.05, 3.63) is 103 Å². The summed E-state index contributed by atoms with van der Waals surface area (Å²) < 4.78 is 48.6. The molecule has 0 radical (unpaired) electrons. The highest BCUT2D eigenvalue weighted by Crippen LogP contribution is 2.53. The van der Waals surface area contributed by atoms with Gasteiger partial charge in [0.05, 0.1) is 27.7 Å². The second kappa shape index (κ2) is 10.5. The van der Waals surface area contributed by atoms with Gasteiger partial charge in [-0.1, -0.05) is 29.8 Å². The number of rotatable bonds is 6. The van der Waals surface area contributed by atoms with Crippen molar-refractivity contribution in [2.75, 3.05) is 23.4 Å². The number of carbonyl (C=O) groups excluding carboxylic acids is 2. The Morgan fingerprint density at radius 2 is 1.73 bits per heavy atom. The van der Waals surface area contributed by atoms with Gasteiger partial charge in [0, 0.05) is 50.1 Å². The molecule has 0 saturated carbocycles. The van der Waals surface area contributed by atoms with E-state index in [1.807, 2.05) is 19.1 Å². The second-order valence-electron chi connectivity index (χ2n) is 11.0. The van der Waals surface area contributed by atoms with E-state index >= 15 is 4.39 Å². The summed E-state index contributed by atoms with van der Waals surface area (Å²) in [6.45, 7) is 2.17. The molecule has 7 rings (SSSR count). The van der Waals surface area contributed by atoms with Crippen LogP contribution in [0.25, 0.3) is 22.0 Å². The number of aromatic nitrogens is 2. The van der Waals surface area contributed by atoms with Gasteiger partial charge in [-0.25, -0.2) is 9.18 Å². The third kappa shape index (κ3) is 4.57. The molecule has 5 aromatic rings. The third-order valence-corrected chi connectivity index (χ3v) is 9.50. The molecule has 226 valence electrons. The van der Waals surface area contributed by atoms with E-state index < -0.39 is 26.6 Å². The van der Waals surface area contributed by atoms with Gasteiger partial charge in [0.25, 0.3) is 0 Å². The van der Waals surface area contributed by atoms with Crippen molar-refractivity contribution in [2.24, 2.45) is 0 Å². The first-order valence-electron chi connectivity index (χ1n) is 14.2. The van der Waals surface area contributed by atoms with E-state index in [0.717, 1.165) is 22.8 Å². The molecule has 0 N–H and O–H groups in total. The van der Waals surface area contributed by atoms with Gasteiger partial charge in [0.2, 0.25) is 11.6 Å². The predicted octanol–water partition coefficient (Wildman–Crippen LogP) is 6.40. The number of halogens is 1. The first kappa shape index (κ1) is 28.7. The number of aryl methyl sites for hydroxylation is 1. The minimum absolute atomic E-state index is 0.0412. The van der Waals surface area contributed by atoms with E-state index in [9.17, 15) is 18.0 Å². The first-order valence-corrected chi connectivity index (χ1v) is 15.7. The summed E-state index contributed by atoms with van der Waals surface area (Å²) in [6.07, 6.45) is 5.69. The van der Waals surface area contributed by atoms with Crippen LogP contribution in [0.5, 0.6) is 0 Å². The van der Waals surface area contributed by atoms with E-state index in [1.54, 1.807) is 42.7 Å². The van der Waals surface area contributed by atoms with Gasteiger partial charge in [-0.05, 0) is 64.2 Å². The van der Waals surface area contributed by atoms with Gasteiger partial charge < -0.3 is 4.90 Å². The Labute approximate surface area is 258 Å². The zero-order valence-corrected chi connectivity index (χ0v) is 25.2. The fraction of sp³-hybridized carbons (Fsp3) is 0.152. The standard InChI is InChI=1S/C33H27FN5O5S/c1-21-7-11-25(12-8-21)45(42,43)44-39(24-10-14-29(27(34)18-24)38-16-4-6-31(38)40)32-26-17-22(23-5-3-15-35-19-23)9-13-28(26)36-20-30(32)37(2)33(39)41/h3,5,7-15,17-20H,4,6,16H2,1-2H3/q+1. The van der Waals surface area contributed by atoms with Crippen molar-refractivity contribution in [2.45, 2.75) is 24.7 Å². The maximum atomic E-state index is 15.9. The lowest BCUT2D eigenvalue weighted by Gasteiger charge is -2.27. The van der Waals surface area contributed by atoms with Gasteiger partial charge in [-0.2, -0.15) is 8.42 Å². The molecule has 0 bridgehead atoms. The van der Waals surface area contributed by atoms with Crippen LogP contribution in [0.1, 0.15) is 18.4 Å². The molecule has 4 heterocycles. The van der Waals surface area contributed by atoms with Crippen molar-refractivity contribution in [1.29, 1.82) is 0 Å². The van der Waals surface area contributed by atoms with Gasteiger partial charge in [0.15, 0.2) is 11.5 Å². The predicted molar refractivity (Wildman–Crippen MR) is 168 cm³/mol. The van der Waals surface area contributed by atoms with E-state index in [4.69, 9.17) is 4.28 Å². The van der Waals surface area contributed by atoms with Crippen molar-refractivity contribution in [3.63, 3.8) is 0 Å². The minimum Gasteiger partial charge on any atom is -0.310 e. The van der Waals surface area contributed by atoms with E-state index in [-0.39, 0.29) is 33.6 Å². The summed E-state index contributed by atoms with van der Waals surface area (Å²) in [5.74, 6) is -1.01. The number of hydroxylamine groups is 1. The Bertz CT molecular complexity index is 2130. The van der Waals surface area contributed by atoms with Crippen LogP contribution in [0, 0.1) is 12.7 Å². The molecule has 10 nitrogen and oxygen atoms in total. The number of carbonyl (C=O) groups is 2. The van der Waals surface area contributed by atoms with Gasteiger partial charge >= 0.3 is 16.1 Å². The summed E-state index contributed by atoms with van der Waals surface area (Å²) in [5, 5.41) is 0.421. The summed E-state index contributed by atoms with van der Waals surface area (Å²) in [7, 11) is -3.16. The van der Waals surface area contributed by atoms with E-state index in [0.29, 0.717) is 30.3 Å². The number of hydrogen-bond donors (Lipinski definition) is 0. The number of fused-ring (bicyclic) bond motifs is 3. The highest BCUT2D eigenvalue weighted by Gasteiger charge is 2.60. The molecule has 45 heavy (non-hydrogen) atoms. The second-order valence-corrected chi connectivity index (χ2v) is 12.6. The average Bonchev–Trinajstić information content (AvgIpc) is 3.56. The van der Waals surface area contributed by atoms with Crippen LogP contribution in [-0.2, 0) is 19.2 Å². The number of anilines is 2. The summed E-state index contributed by atoms with van der Waals surface area (Å²) in [5.41, 5.74) is 3.19. The largest absolute Gasteiger partial charge is 0.468 e. The molecule has 2 aliphatic rings. The van der Waals surface area contributed by atoms with Crippen molar-refractivity contribution in [1.82, 2.24) is 14.6 Å². The van der Waals surface area contributed by atoms with Crippen LogP contribution in [0.3, 0.4) is 0 Å². The average molecular weight is 625 g/mol. The Kier molecular flexibility index (Phi) is 6.73. The van der Waals surface area contributed by atoms with Gasteiger partial charge in [-0.15, -0.1) is 0 Å². The molecule has 0 spiro atoms. The lowest BCUT2D eigenvalue weighted by Crippen LogP contribution is -2.51. The number of pyridine rings is 2. The Morgan fingerprint density at radius 3 is 2.42 bits per heavy atom. The molecule has 3 amide bonds. The maximum Gasteiger partial charge on any atom is 0.468 e. The number of benzene rings is 3. The summed E-state index contributed by atoms with van der Waals surface area (Å²) >= 11 is 0. The molecule has 0 aliphatic carbocycles. The van der Waals surface area contributed by atoms with Crippen molar-refractivity contribution < 1.29 is 26.7 Å². The molecule has 1 saturated heterocycles. The molecule has 1 atom stereocenters. The lowest BCUT2D eigenvalue weighted by molar-refractivity contribution is -0.117. The fourth-order valence-corrected chi connectivity index (χ4v) is 7.00. The number of hydrogen-bond acceptors (Lipinski definition) is 7. The smallest absolute Gasteiger partial charge is 0.310 e. The fourth-order valence-electron chi connectivity index (χ4n) is 5.93. The van der Waals surface area contributed by atoms with Crippen LogP contribution in [0.4, 0.5) is 31.9 Å². The van der Waals surface area contributed by atoms with Crippen molar-refractivity contribution >= 4 is 55.7 Å². The number of urea groups is 1. The normalized spacial score (nSPS) is 18.2. The first-order chi connectivity index (χ1) is 21.6. The van der Waals surface area contributed by atoms with E-state index in [1.165, 1.54) is 47.3 Å². The molecule has 2 aromatic heterocycles. The molecular formula is C33H27FN5O5S+. The monoisotopic (exact) mass is 624 g/mol. The molecule has 2 aliphatic heterocycles. The highest BCUT2D eigenvalue weighted by molar-refractivity contribution is 7.86. The Hall–Kier alpha value is -5.04. The third-order valence-electron chi connectivity index (χ3n) is 8.23. The number of nitrogens with zero attached hydrogens (tertiary/aromatic N) is 5. The number of quaternary nitrogens is 1. The van der Waals surface area contributed by atoms with Crippen LogP contribution < -0.4 is 14.4 Å². The van der Waals surface area contributed by atoms with Gasteiger partial charge in [0.1, 0.15) is 5.69 Å². The minimum atomic E-state index is -4.64. The van der Waals surface area contributed by atoms with Gasteiger partial charge in [-0.3, -0.25) is 19.7 Å². The zero-order chi connectivity index (χ0) is 31.5. The molecule has 1 unspecified atom stereocenters. The van der Waals surface area contributed by atoms with Crippen LogP contribution >= 0.6 is 0 Å². The SMILES string of the molecule is Cc1ccc(S(=O)(=O)O[N+]2(c3ccc(N4CCCC4=O)c(F)c3)C(=O)N(C)c3cnc4ccc(-c5cccnc5)cc4c32)cc1. The van der Waals surface area contributed by atoms with Crippen LogP contribution in [0.2, 0.25) is 0 Å². The number of amides is 3. The quantitative estimate of drug-likeness (QED) is 0.201. The molecule has 3 aromatic carbocycles. The lowest BCUT2D eigenvalue weighted by atomic mass is 10.0. The topological polar surface area (TPSA) is 110 Å². The summed E-state index contributed by atoms with van der Waals surface area (Å²) in [4.78, 5) is 38.0. The zero-order valence-electron chi connectivity index (χ0n) is 24.3.